The molecule has 1 amide bonds. The SMILES string of the molecule is CC1CCCN(C(=O)c2ccnc(NC(C)C)n2)C1. The van der Waals surface area contributed by atoms with Gasteiger partial charge in [-0.05, 0) is 38.7 Å². The summed E-state index contributed by atoms with van der Waals surface area (Å²) in [6, 6.07) is 1.94. The lowest BCUT2D eigenvalue weighted by atomic mass is 10.00. The zero-order valence-corrected chi connectivity index (χ0v) is 11.9. The average Bonchev–Trinajstić information content (AvgIpc) is 2.37. The van der Waals surface area contributed by atoms with Gasteiger partial charge in [-0.25, -0.2) is 9.97 Å². The van der Waals surface area contributed by atoms with E-state index in [9.17, 15) is 4.79 Å². The Balaban J connectivity index is 2.10. The van der Waals surface area contributed by atoms with Crippen molar-refractivity contribution in [3.05, 3.63) is 18.0 Å². The molecule has 1 aliphatic rings. The molecule has 1 N–H and O–H groups in total. The fourth-order valence-electron chi connectivity index (χ4n) is 2.34. The molecule has 0 aromatic carbocycles. The summed E-state index contributed by atoms with van der Waals surface area (Å²) < 4.78 is 0. The molecule has 1 saturated heterocycles. The third-order valence-corrected chi connectivity index (χ3v) is 3.24. The molecule has 5 heteroatoms. The van der Waals surface area contributed by atoms with E-state index in [0.717, 1.165) is 19.5 Å². The van der Waals surface area contributed by atoms with Crippen LogP contribution in [-0.2, 0) is 0 Å². The van der Waals surface area contributed by atoms with Gasteiger partial charge in [0, 0.05) is 25.3 Å². The molecule has 0 bridgehead atoms. The number of hydrogen-bond donors (Lipinski definition) is 1. The minimum Gasteiger partial charge on any atom is -0.352 e. The lowest BCUT2D eigenvalue weighted by Crippen LogP contribution is -2.39. The van der Waals surface area contributed by atoms with Crippen LogP contribution in [-0.4, -0.2) is 39.9 Å². The van der Waals surface area contributed by atoms with Crippen LogP contribution in [0.3, 0.4) is 0 Å². The molecule has 19 heavy (non-hydrogen) atoms. The van der Waals surface area contributed by atoms with Gasteiger partial charge in [0.1, 0.15) is 5.69 Å². The third-order valence-electron chi connectivity index (χ3n) is 3.24. The van der Waals surface area contributed by atoms with Gasteiger partial charge in [-0.15, -0.1) is 0 Å². The quantitative estimate of drug-likeness (QED) is 0.907. The molecule has 104 valence electrons. The maximum atomic E-state index is 12.4. The molecular formula is C14H22N4O. The van der Waals surface area contributed by atoms with Gasteiger partial charge in [-0.1, -0.05) is 6.92 Å². The fraction of sp³-hybridized carbons (Fsp3) is 0.643. The number of rotatable bonds is 3. The zero-order chi connectivity index (χ0) is 13.8. The highest BCUT2D eigenvalue weighted by molar-refractivity contribution is 5.92. The van der Waals surface area contributed by atoms with Gasteiger partial charge in [-0.2, -0.15) is 0 Å². The van der Waals surface area contributed by atoms with E-state index >= 15 is 0 Å². The van der Waals surface area contributed by atoms with E-state index in [1.54, 1.807) is 12.3 Å². The number of aromatic nitrogens is 2. The maximum Gasteiger partial charge on any atom is 0.272 e. The summed E-state index contributed by atoms with van der Waals surface area (Å²) in [5.41, 5.74) is 0.479. The van der Waals surface area contributed by atoms with Crippen molar-refractivity contribution in [2.75, 3.05) is 18.4 Å². The van der Waals surface area contributed by atoms with Crippen LogP contribution in [0.1, 0.15) is 44.1 Å². The van der Waals surface area contributed by atoms with Crippen LogP contribution in [0.15, 0.2) is 12.3 Å². The fourth-order valence-corrected chi connectivity index (χ4v) is 2.34. The lowest BCUT2D eigenvalue weighted by Gasteiger charge is -2.30. The summed E-state index contributed by atoms with van der Waals surface area (Å²) >= 11 is 0. The zero-order valence-electron chi connectivity index (χ0n) is 11.9. The number of nitrogens with zero attached hydrogens (tertiary/aromatic N) is 3. The van der Waals surface area contributed by atoms with Crippen LogP contribution < -0.4 is 5.32 Å². The smallest absolute Gasteiger partial charge is 0.272 e. The largest absolute Gasteiger partial charge is 0.352 e. The highest BCUT2D eigenvalue weighted by Crippen LogP contribution is 2.17. The molecule has 1 aromatic heterocycles. The maximum absolute atomic E-state index is 12.4. The second-order valence-electron chi connectivity index (χ2n) is 5.56. The third kappa shape index (κ3) is 3.66. The topological polar surface area (TPSA) is 58.1 Å². The Morgan fingerprint density at radius 1 is 1.53 bits per heavy atom. The molecule has 2 rings (SSSR count). The van der Waals surface area contributed by atoms with Crippen LogP contribution in [0.25, 0.3) is 0 Å². The van der Waals surface area contributed by atoms with E-state index in [1.165, 1.54) is 6.42 Å². The number of anilines is 1. The first-order chi connectivity index (χ1) is 9.06. The normalized spacial score (nSPS) is 19.6. The Hall–Kier alpha value is -1.65. The van der Waals surface area contributed by atoms with Gasteiger partial charge >= 0.3 is 0 Å². The monoisotopic (exact) mass is 262 g/mol. The van der Waals surface area contributed by atoms with E-state index < -0.39 is 0 Å². The van der Waals surface area contributed by atoms with Crippen molar-refractivity contribution >= 4 is 11.9 Å². The predicted molar refractivity (Wildman–Crippen MR) is 75.1 cm³/mol. The second kappa shape index (κ2) is 5.99. The Labute approximate surface area is 114 Å². The van der Waals surface area contributed by atoms with Crippen molar-refractivity contribution in [3.8, 4) is 0 Å². The number of nitrogens with one attached hydrogen (secondary N) is 1. The van der Waals surface area contributed by atoms with Gasteiger partial charge < -0.3 is 10.2 Å². The summed E-state index contributed by atoms with van der Waals surface area (Å²) in [4.78, 5) is 22.7. The molecule has 1 unspecified atom stereocenters. The lowest BCUT2D eigenvalue weighted by molar-refractivity contribution is 0.0677. The number of likely N-dealkylation sites (tertiary alicyclic amines) is 1. The van der Waals surface area contributed by atoms with Crippen molar-refractivity contribution in [3.63, 3.8) is 0 Å². The van der Waals surface area contributed by atoms with E-state index in [4.69, 9.17) is 0 Å². The molecule has 0 radical (unpaired) electrons. The second-order valence-corrected chi connectivity index (χ2v) is 5.56. The van der Waals surface area contributed by atoms with Crippen LogP contribution in [0.5, 0.6) is 0 Å². The first-order valence-corrected chi connectivity index (χ1v) is 6.95. The number of hydrogen-bond acceptors (Lipinski definition) is 4. The summed E-state index contributed by atoms with van der Waals surface area (Å²) in [5, 5.41) is 3.12. The molecule has 1 atom stereocenters. The average molecular weight is 262 g/mol. The van der Waals surface area contributed by atoms with E-state index in [1.807, 2.05) is 18.7 Å². The van der Waals surface area contributed by atoms with E-state index in [0.29, 0.717) is 17.6 Å². The molecule has 0 spiro atoms. The highest BCUT2D eigenvalue weighted by Gasteiger charge is 2.23. The van der Waals surface area contributed by atoms with Crippen molar-refractivity contribution in [1.29, 1.82) is 0 Å². The molecule has 0 aliphatic carbocycles. The van der Waals surface area contributed by atoms with E-state index in [-0.39, 0.29) is 11.9 Å². The van der Waals surface area contributed by atoms with Gasteiger partial charge in [-0.3, -0.25) is 4.79 Å². The minimum absolute atomic E-state index is 0.0146. The van der Waals surface area contributed by atoms with E-state index in [2.05, 4.69) is 22.2 Å². The standard InChI is InChI=1S/C14H22N4O/c1-10(2)16-14-15-7-6-12(17-14)13(19)18-8-4-5-11(3)9-18/h6-7,10-11H,4-5,8-9H2,1-3H3,(H,15,16,17). The first kappa shape index (κ1) is 13.8. The van der Waals surface area contributed by atoms with Gasteiger partial charge in [0.2, 0.25) is 5.95 Å². The number of carbonyl (C=O) groups excluding carboxylic acids is 1. The number of amides is 1. The van der Waals surface area contributed by atoms with Gasteiger partial charge in [0.25, 0.3) is 5.91 Å². The number of piperidine rings is 1. The Bertz CT molecular complexity index is 447. The Kier molecular flexibility index (Phi) is 4.35. The number of carbonyl (C=O) groups is 1. The van der Waals surface area contributed by atoms with Crippen LogP contribution >= 0.6 is 0 Å². The minimum atomic E-state index is 0.0146. The predicted octanol–water partition coefficient (Wildman–Crippen LogP) is 2.17. The summed E-state index contributed by atoms with van der Waals surface area (Å²) in [6.45, 7) is 7.88. The molecule has 1 fully saturated rings. The highest BCUT2D eigenvalue weighted by atomic mass is 16.2. The molecular weight excluding hydrogens is 240 g/mol. The van der Waals surface area contributed by atoms with Crippen molar-refractivity contribution in [1.82, 2.24) is 14.9 Å². The van der Waals surface area contributed by atoms with Crippen molar-refractivity contribution in [2.24, 2.45) is 5.92 Å². The van der Waals surface area contributed by atoms with Crippen molar-refractivity contribution < 1.29 is 4.79 Å². The van der Waals surface area contributed by atoms with Crippen LogP contribution in [0, 0.1) is 5.92 Å². The molecule has 5 nitrogen and oxygen atoms in total. The van der Waals surface area contributed by atoms with Crippen LogP contribution in [0.4, 0.5) is 5.95 Å². The van der Waals surface area contributed by atoms with Crippen molar-refractivity contribution in [2.45, 2.75) is 39.7 Å². The Morgan fingerprint density at radius 3 is 3.00 bits per heavy atom. The van der Waals surface area contributed by atoms with Crippen LogP contribution in [0.2, 0.25) is 0 Å². The summed E-state index contributed by atoms with van der Waals surface area (Å²) in [6.07, 6.45) is 3.92. The molecule has 0 saturated carbocycles. The summed E-state index contributed by atoms with van der Waals surface area (Å²) in [7, 11) is 0. The molecule has 1 aromatic rings. The molecule has 1 aliphatic heterocycles. The Morgan fingerprint density at radius 2 is 2.32 bits per heavy atom. The molecule has 2 heterocycles. The summed E-state index contributed by atoms with van der Waals surface area (Å²) in [5.74, 6) is 1.11. The van der Waals surface area contributed by atoms with Gasteiger partial charge in [0.15, 0.2) is 0 Å². The first-order valence-electron chi connectivity index (χ1n) is 6.95. The van der Waals surface area contributed by atoms with Gasteiger partial charge in [0.05, 0.1) is 0 Å².